The molecule has 57 heavy (non-hydrogen) atoms. The summed E-state index contributed by atoms with van der Waals surface area (Å²) in [6, 6.07) is 11.1. The minimum atomic E-state index is -0.707. The number of anilines is 1. The number of para-hydroxylation sites is 1. The van der Waals surface area contributed by atoms with Gasteiger partial charge in [0, 0.05) is 86.3 Å². The van der Waals surface area contributed by atoms with E-state index in [0.29, 0.717) is 49.5 Å². The summed E-state index contributed by atoms with van der Waals surface area (Å²) >= 11 is 0. The highest BCUT2D eigenvalue weighted by Crippen LogP contribution is 2.35. The van der Waals surface area contributed by atoms with Crippen LogP contribution in [0.5, 0.6) is 5.75 Å². The highest BCUT2D eigenvalue weighted by atomic mass is 19.1. The zero-order valence-electron chi connectivity index (χ0n) is 33.1. The Bertz CT molecular complexity index is 1890. The number of benzene rings is 2. The highest BCUT2D eigenvalue weighted by Gasteiger charge is 2.42. The van der Waals surface area contributed by atoms with E-state index in [4.69, 9.17) is 11.5 Å². The number of nitrogens with one attached hydrogen (secondary N) is 2. The number of hydrogen-bond donors (Lipinski definition) is 5. The van der Waals surface area contributed by atoms with Crippen LogP contribution in [-0.4, -0.2) is 126 Å². The molecule has 4 saturated heterocycles. The molecule has 308 valence electrons. The number of aromatic hydroxyl groups is 1. The Labute approximate surface area is 333 Å². The second-order valence-corrected chi connectivity index (χ2v) is 16.1. The standard InChI is InChI=1S/C41H54FN9O4.CH3F/c1-2-49(30-18-29-21-45-39(44)36(50(29)24-30)20-34(43)31-4-3-5-33(42)38(31)53)27-12-14-47(15-13-27)22-25-10-16-48(17-11-25)28-7-6-26-23-51(41(55)32(26)19-28)35-8-9-37(52)46-40(35)54;1-2/h3-7,19-20,25,27,29-30,35,45,53H,2,8-18,21-24,43-44H2,1H3,(H,46,52,54);1H3/b34-20-;. The van der Waals surface area contributed by atoms with Gasteiger partial charge in [0.05, 0.1) is 12.9 Å². The molecule has 6 heterocycles. The van der Waals surface area contributed by atoms with Gasteiger partial charge >= 0.3 is 0 Å². The Hall–Kier alpha value is -4.89. The fourth-order valence-corrected chi connectivity index (χ4v) is 9.95. The molecule has 6 aliphatic rings. The van der Waals surface area contributed by atoms with Crippen molar-refractivity contribution in [1.29, 1.82) is 0 Å². The number of amides is 3. The summed E-state index contributed by atoms with van der Waals surface area (Å²) in [5.74, 6) is -0.768. The topological polar surface area (TPSA) is 164 Å². The first-order valence-electron chi connectivity index (χ1n) is 20.4. The molecular weight excluding hydrogens is 733 g/mol. The van der Waals surface area contributed by atoms with Crippen molar-refractivity contribution < 1.29 is 28.3 Å². The SMILES string of the molecule is CCN(C1CCN(CC2CCN(c3ccc4c(c3)C(=O)N(C3CCC(=O)NC3=O)C4)CC2)CC1)C1CC2CNC(N)=C(/C=C(\N)c3cccc(F)c3O)N2C1.CF. The van der Waals surface area contributed by atoms with Gasteiger partial charge in [0.1, 0.15) is 11.9 Å². The summed E-state index contributed by atoms with van der Waals surface area (Å²) in [6.45, 7) is 10.4. The number of imide groups is 1. The van der Waals surface area contributed by atoms with E-state index >= 15 is 0 Å². The van der Waals surface area contributed by atoms with Crippen molar-refractivity contribution in [2.24, 2.45) is 17.4 Å². The quantitative estimate of drug-likeness (QED) is 0.238. The molecule has 6 aliphatic heterocycles. The van der Waals surface area contributed by atoms with Crippen LogP contribution < -0.4 is 27.0 Å². The fraction of sp³-hybridized carbons (Fsp3) is 0.548. The lowest BCUT2D eigenvalue weighted by Gasteiger charge is -2.42. The number of likely N-dealkylation sites (tertiary alicyclic amines) is 1. The second kappa shape index (κ2) is 17.3. The first kappa shape index (κ1) is 40.3. The van der Waals surface area contributed by atoms with Crippen LogP contribution in [0.1, 0.15) is 73.4 Å². The van der Waals surface area contributed by atoms with Gasteiger partial charge in [-0.15, -0.1) is 0 Å². The summed E-state index contributed by atoms with van der Waals surface area (Å²) in [7, 11) is 0.500. The first-order chi connectivity index (χ1) is 27.6. The Morgan fingerprint density at radius 1 is 1.00 bits per heavy atom. The number of phenols is 1. The van der Waals surface area contributed by atoms with Gasteiger partial charge in [-0.1, -0.05) is 19.1 Å². The number of piperidine rings is 3. The molecule has 3 unspecified atom stereocenters. The smallest absolute Gasteiger partial charge is 0.255 e. The van der Waals surface area contributed by atoms with Crippen LogP contribution in [0.2, 0.25) is 0 Å². The van der Waals surface area contributed by atoms with Crippen LogP contribution in [0.4, 0.5) is 14.5 Å². The van der Waals surface area contributed by atoms with Crippen molar-refractivity contribution in [1.82, 2.24) is 30.2 Å². The number of rotatable bonds is 9. The summed E-state index contributed by atoms with van der Waals surface area (Å²) in [6.07, 6.45) is 7.90. The molecule has 0 bridgehead atoms. The monoisotopic (exact) mass is 789 g/mol. The van der Waals surface area contributed by atoms with E-state index in [2.05, 4.69) is 43.2 Å². The maximum Gasteiger partial charge on any atom is 0.255 e. The van der Waals surface area contributed by atoms with E-state index in [9.17, 15) is 28.3 Å². The van der Waals surface area contributed by atoms with Gasteiger partial charge in [-0.05, 0) is 100.0 Å². The summed E-state index contributed by atoms with van der Waals surface area (Å²) in [5.41, 5.74) is 16.8. The third-order valence-electron chi connectivity index (χ3n) is 13.0. The average molecular weight is 790 g/mol. The second-order valence-electron chi connectivity index (χ2n) is 16.1. The van der Waals surface area contributed by atoms with E-state index in [1.54, 1.807) is 17.0 Å². The largest absolute Gasteiger partial charge is 0.504 e. The molecule has 0 aromatic heterocycles. The van der Waals surface area contributed by atoms with Crippen molar-refractivity contribution >= 4 is 29.1 Å². The molecule has 8 rings (SSSR count). The Kier molecular flexibility index (Phi) is 12.2. The molecule has 0 radical (unpaired) electrons. The lowest BCUT2D eigenvalue weighted by Crippen LogP contribution is -2.52. The van der Waals surface area contributed by atoms with Gasteiger partial charge in [0.2, 0.25) is 11.8 Å². The number of phenolic OH excluding ortho intramolecular Hbond substituents is 1. The van der Waals surface area contributed by atoms with E-state index in [1.807, 2.05) is 12.1 Å². The predicted octanol–water partition coefficient (Wildman–Crippen LogP) is 3.05. The predicted molar refractivity (Wildman–Crippen MR) is 215 cm³/mol. The lowest BCUT2D eigenvalue weighted by molar-refractivity contribution is -0.136. The molecule has 0 spiro atoms. The number of allylic oxidation sites excluding steroid dienone is 1. The molecule has 7 N–H and O–H groups in total. The van der Waals surface area contributed by atoms with Crippen LogP contribution >= 0.6 is 0 Å². The normalized spacial score (nSPS) is 25.0. The van der Waals surface area contributed by atoms with E-state index < -0.39 is 17.6 Å². The molecule has 3 atom stereocenters. The maximum atomic E-state index is 14.1. The summed E-state index contributed by atoms with van der Waals surface area (Å²) in [5, 5.41) is 16.0. The van der Waals surface area contributed by atoms with E-state index in [0.717, 1.165) is 101 Å². The molecule has 3 amide bonds. The molecule has 2 aromatic rings. The number of likely N-dealkylation sites (N-methyl/N-ethyl adjacent to an activating group) is 1. The molecule has 0 saturated carbocycles. The molecule has 13 nitrogen and oxygen atoms in total. The summed E-state index contributed by atoms with van der Waals surface area (Å²) < 4.78 is 23.6. The number of carbonyl (C=O) groups is 3. The Morgan fingerprint density at radius 3 is 2.47 bits per heavy atom. The van der Waals surface area contributed by atoms with Crippen LogP contribution in [0.25, 0.3) is 5.70 Å². The molecule has 2 aromatic carbocycles. The Morgan fingerprint density at radius 2 is 1.75 bits per heavy atom. The van der Waals surface area contributed by atoms with Crippen molar-refractivity contribution in [3.05, 3.63) is 76.5 Å². The van der Waals surface area contributed by atoms with Crippen LogP contribution in [0.3, 0.4) is 0 Å². The number of alkyl halides is 1. The lowest BCUT2D eigenvalue weighted by atomic mass is 9.93. The van der Waals surface area contributed by atoms with Gasteiger partial charge in [-0.25, -0.2) is 4.39 Å². The minimum absolute atomic E-state index is 0.125. The molecule has 15 heteroatoms. The number of nitrogens with zero attached hydrogens (tertiary/aromatic N) is 5. The number of hydrogen-bond acceptors (Lipinski definition) is 11. The average Bonchev–Trinajstić information content (AvgIpc) is 3.79. The highest BCUT2D eigenvalue weighted by molar-refractivity contribution is 6.05. The van der Waals surface area contributed by atoms with Gasteiger partial charge in [0.15, 0.2) is 11.6 Å². The van der Waals surface area contributed by atoms with Crippen molar-refractivity contribution in [2.45, 2.75) is 82.6 Å². The minimum Gasteiger partial charge on any atom is -0.504 e. The fourth-order valence-electron chi connectivity index (χ4n) is 9.95. The maximum absolute atomic E-state index is 14.1. The zero-order valence-corrected chi connectivity index (χ0v) is 33.1. The van der Waals surface area contributed by atoms with E-state index in [1.165, 1.54) is 12.1 Å². The first-order valence-corrected chi connectivity index (χ1v) is 20.4. The summed E-state index contributed by atoms with van der Waals surface area (Å²) in [4.78, 5) is 49.2. The van der Waals surface area contributed by atoms with Crippen molar-refractivity contribution in [3.63, 3.8) is 0 Å². The number of fused-ring (bicyclic) bond motifs is 2. The number of halogens is 2. The molecular formula is C42H57F2N9O4. The third-order valence-corrected chi connectivity index (χ3v) is 13.0. The van der Waals surface area contributed by atoms with Gasteiger partial charge < -0.3 is 41.5 Å². The van der Waals surface area contributed by atoms with Crippen LogP contribution in [-0.2, 0) is 16.1 Å². The third kappa shape index (κ3) is 8.27. The number of carbonyl (C=O) groups excluding carboxylic acids is 3. The molecule has 4 fully saturated rings. The van der Waals surface area contributed by atoms with Gasteiger partial charge in [-0.3, -0.25) is 29.0 Å². The zero-order chi connectivity index (χ0) is 40.4. The Balaban J connectivity index is 0.00000244. The van der Waals surface area contributed by atoms with Crippen LogP contribution in [0.15, 0.2) is 54.0 Å². The van der Waals surface area contributed by atoms with Gasteiger partial charge in [-0.2, -0.15) is 0 Å². The van der Waals surface area contributed by atoms with E-state index in [-0.39, 0.29) is 41.4 Å². The molecule has 0 aliphatic carbocycles. The van der Waals surface area contributed by atoms with Crippen molar-refractivity contribution in [3.8, 4) is 5.75 Å². The van der Waals surface area contributed by atoms with Gasteiger partial charge in [0.25, 0.3) is 5.91 Å². The van der Waals surface area contributed by atoms with Crippen LogP contribution in [0, 0.1) is 11.7 Å². The van der Waals surface area contributed by atoms with Crippen molar-refractivity contribution in [2.75, 3.05) is 64.4 Å². The number of nitrogens with two attached hydrogens (primary N) is 2.